The summed E-state index contributed by atoms with van der Waals surface area (Å²) >= 11 is 0. The highest BCUT2D eigenvalue weighted by atomic mass is 16.5. The first-order chi connectivity index (χ1) is 13.3. The van der Waals surface area contributed by atoms with Gasteiger partial charge in [-0.25, -0.2) is 9.97 Å². The van der Waals surface area contributed by atoms with Crippen LogP contribution < -0.4 is 9.64 Å². The normalized spacial score (nSPS) is 16.1. The van der Waals surface area contributed by atoms with E-state index in [0.717, 1.165) is 30.8 Å². The van der Waals surface area contributed by atoms with Crippen molar-refractivity contribution in [2.24, 2.45) is 5.92 Å². The number of aromatic nitrogens is 4. The van der Waals surface area contributed by atoms with Gasteiger partial charge in [-0.2, -0.15) is 5.26 Å². The Morgan fingerprint density at radius 1 is 1.07 bits per heavy atom. The Bertz CT molecular complexity index is 939. The quantitative estimate of drug-likeness (QED) is 0.693. The van der Waals surface area contributed by atoms with Crippen LogP contribution in [0.5, 0.6) is 5.88 Å². The van der Waals surface area contributed by atoms with Gasteiger partial charge in [0.1, 0.15) is 6.07 Å². The van der Waals surface area contributed by atoms with Crippen LogP contribution in [0.3, 0.4) is 0 Å². The Labute approximate surface area is 157 Å². The predicted molar refractivity (Wildman–Crippen MR) is 100 cm³/mol. The van der Waals surface area contributed by atoms with Gasteiger partial charge in [0.2, 0.25) is 5.88 Å². The summed E-state index contributed by atoms with van der Waals surface area (Å²) in [4.78, 5) is 10.5. The Balaban J connectivity index is 1.34. The number of hydrogen-bond donors (Lipinski definition) is 0. The zero-order valence-corrected chi connectivity index (χ0v) is 14.7. The number of ether oxygens (including phenoxy) is 1. The molecule has 1 aromatic carbocycles. The molecule has 134 valence electrons. The molecule has 1 atom stereocenters. The second kappa shape index (κ2) is 7.79. The molecule has 0 N–H and O–H groups in total. The molecular weight excluding hydrogens is 340 g/mol. The van der Waals surface area contributed by atoms with Crippen LogP contribution in [-0.2, 0) is 0 Å². The predicted octanol–water partition coefficient (Wildman–Crippen LogP) is 2.71. The summed E-state index contributed by atoms with van der Waals surface area (Å²) in [7, 11) is 0. The molecule has 1 unspecified atom stereocenters. The van der Waals surface area contributed by atoms with E-state index >= 15 is 0 Å². The first kappa shape index (κ1) is 16.9. The van der Waals surface area contributed by atoms with Gasteiger partial charge in [0, 0.05) is 43.0 Å². The molecular formula is C20H18N6O. The Morgan fingerprint density at radius 3 is 2.70 bits per heavy atom. The zero-order chi connectivity index (χ0) is 18.5. The molecule has 0 aliphatic carbocycles. The molecule has 0 bridgehead atoms. The maximum atomic E-state index is 9.18. The first-order valence-corrected chi connectivity index (χ1v) is 8.81. The Kier molecular flexibility index (Phi) is 4.88. The maximum absolute atomic E-state index is 9.18. The lowest BCUT2D eigenvalue weighted by Crippen LogP contribution is -2.24. The summed E-state index contributed by atoms with van der Waals surface area (Å²) < 4.78 is 5.82. The van der Waals surface area contributed by atoms with Crippen LogP contribution in [0.1, 0.15) is 12.1 Å². The third kappa shape index (κ3) is 3.85. The van der Waals surface area contributed by atoms with Crippen LogP contribution >= 0.6 is 0 Å². The van der Waals surface area contributed by atoms with Gasteiger partial charge in [-0.3, -0.25) is 0 Å². The summed E-state index contributed by atoms with van der Waals surface area (Å²) in [5.74, 6) is 1.51. The number of nitriles is 1. The summed E-state index contributed by atoms with van der Waals surface area (Å²) in [6, 6.07) is 15.8. The molecule has 1 saturated heterocycles. The van der Waals surface area contributed by atoms with Crippen LogP contribution in [0.15, 0.2) is 54.9 Å². The van der Waals surface area contributed by atoms with Crippen molar-refractivity contribution in [3.8, 4) is 23.2 Å². The van der Waals surface area contributed by atoms with Gasteiger partial charge in [-0.1, -0.05) is 30.3 Å². The Morgan fingerprint density at radius 2 is 1.93 bits per heavy atom. The summed E-state index contributed by atoms with van der Waals surface area (Å²) in [6.07, 6.45) is 4.12. The van der Waals surface area contributed by atoms with Crippen molar-refractivity contribution >= 4 is 5.82 Å². The highest BCUT2D eigenvalue weighted by Gasteiger charge is 2.26. The van der Waals surface area contributed by atoms with Gasteiger partial charge in [0.05, 0.1) is 12.3 Å². The smallest absolute Gasteiger partial charge is 0.233 e. The monoisotopic (exact) mass is 358 g/mol. The number of benzene rings is 1. The lowest BCUT2D eigenvalue weighted by atomic mass is 10.1. The van der Waals surface area contributed by atoms with Gasteiger partial charge in [0.15, 0.2) is 11.5 Å². The molecule has 2 aromatic heterocycles. The van der Waals surface area contributed by atoms with Crippen LogP contribution in [0.2, 0.25) is 0 Å². The van der Waals surface area contributed by atoms with Crippen molar-refractivity contribution in [3.63, 3.8) is 0 Å². The highest BCUT2D eigenvalue weighted by molar-refractivity contribution is 5.58. The van der Waals surface area contributed by atoms with Crippen molar-refractivity contribution < 1.29 is 4.74 Å². The van der Waals surface area contributed by atoms with Crippen molar-refractivity contribution in [1.82, 2.24) is 20.2 Å². The minimum absolute atomic E-state index is 0.342. The topological polar surface area (TPSA) is 87.8 Å². The van der Waals surface area contributed by atoms with Gasteiger partial charge in [0.25, 0.3) is 0 Å². The molecule has 1 aliphatic heterocycles. The zero-order valence-electron chi connectivity index (χ0n) is 14.7. The SMILES string of the molecule is N#Cc1nccnc1N1CCC(COc2ccc(-c3ccccc3)nn2)C1. The molecule has 3 aromatic rings. The number of hydrogen-bond acceptors (Lipinski definition) is 7. The molecule has 0 amide bonds. The molecule has 27 heavy (non-hydrogen) atoms. The third-order valence-electron chi connectivity index (χ3n) is 4.55. The van der Waals surface area contributed by atoms with Crippen LogP contribution in [-0.4, -0.2) is 39.9 Å². The number of nitrogens with zero attached hydrogens (tertiary/aromatic N) is 6. The third-order valence-corrected chi connectivity index (χ3v) is 4.55. The molecule has 0 radical (unpaired) electrons. The number of rotatable bonds is 5. The van der Waals surface area contributed by atoms with Gasteiger partial charge >= 0.3 is 0 Å². The van der Waals surface area contributed by atoms with E-state index in [1.807, 2.05) is 42.5 Å². The van der Waals surface area contributed by atoms with E-state index in [2.05, 4.69) is 31.1 Å². The lowest BCUT2D eigenvalue weighted by molar-refractivity contribution is 0.249. The van der Waals surface area contributed by atoms with Crippen molar-refractivity contribution in [2.45, 2.75) is 6.42 Å². The van der Waals surface area contributed by atoms with Crippen LogP contribution in [0, 0.1) is 17.2 Å². The molecule has 3 heterocycles. The molecule has 7 heteroatoms. The molecule has 0 saturated carbocycles. The minimum Gasteiger partial charge on any atom is -0.476 e. The van der Waals surface area contributed by atoms with E-state index in [0.29, 0.717) is 29.9 Å². The fourth-order valence-electron chi connectivity index (χ4n) is 3.17. The van der Waals surface area contributed by atoms with E-state index in [1.165, 1.54) is 6.20 Å². The highest BCUT2D eigenvalue weighted by Crippen LogP contribution is 2.24. The first-order valence-electron chi connectivity index (χ1n) is 8.81. The number of anilines is 1. The van der Waals surface area contributed by atoms with E-state index in [-0.39, 0.29) is 0 Å². The van der Waals surface area contributed by atoms with E-state index < -0.39 is 0 Å². The summed E-state index contributed by atoms with van der Waals surface area (Å²) in [5.41, 5.74) is 2.21. The van der Waals surface area contributed by atoms with Gasteiger partial charge in [-0.15, -0.1) is 10.2 Å². The van der Waals surface area contributed by atoms with E-state index in [4.69, 9.17) is 4.74 Å². The molecule has 7 nitrogen and oxygen atoms in total. The fourth-order valence-corrected chi connectivity index (χ4v) is 3.17. The second-order valence-electron chi connectivity index (χ2n) is 6.37. The largest absolute Gasteiger partial charge is 0.476 e. The summed E-state index contributed by atoms with van der Waals surface area (Å²) in [6.45, 7) is 2.17. The summed E-state index contributed by atoms with van der Waals surface area (Å²) in [5, 5.41) is 17.6. The van der Waals surface area contributed by atoms with Crippen LogP contribution in [0.25, 0.3) is 11.3 Å². The van der Waals surface area contributed by atoms with E-state index in [1.54, 1.807) is 6.20 Å². The maximum Gasteiger partial charge on any atom is 0.233 e. The van der Waals surface area contributed by atoms with Crippen molar-refractivity contribution in [3.05, 3.63) is 60.6 Å². The molecule has 0 spiro atoms. The second-order valence-corrected chi connectivity index (χ2v) is 6.37. The average molecular weight is 358 g/mol. The van der Waals surface area contributed by atoms with Gasteiger partial charge < -0.3 is 9.64 Å². The molecule has 1 aliphatic rings. The fraction of sp³-hybridized carbons (Fsp3) is 0.250. The lowest BCUT2D eigenvalue weighted by Gasteiger charge is -2.17. The minimum atomic E-state index is 0.342. The van der Waals surface area contributed by atoms with E-state index in [9.17, 15) is 5.26 Å². The van der Waals surface area contributed by atoms with Crippen molar-refractivity contribution in [1.29, 1.82) is 5.26 Å². The van der Waals surface area contributed by atoms with Crippen molar-refractivity contribution in [2.75, 3.05) is 24.6 Å². The average Bonchev–Trinajstić information content (AvgIpc) is 3.22. The molecule has 1 fully saturated rings. The Hall–Kier alpha value is -3.53. The van der Waals surface area contributed by atoms with Gasteiger partial charge in [-0.05, 0) is 12.5 Å². The van der Waals surface area contributed by atoms with Crippen LogP contribution in [0.4, 0.5) is 5.82 Å². The molecule has 4 rings (SSSR count). The standard InChI is InChI=1S/C20H18N6O/c21-12-18-20(23-10-9-22-18)26-11-8-15(13-26)14-27-19-7-6-17(24-25-19)16-4-2-1-3-5-16/h1-7,9-10,15H,8,11,13-14H2.